The first-order valence-corrected chi connectivity index (χ1v) is 2.97. The Labute approximate surface area is 50.5 Å². The van der Waals surface area contributed by atoms with Gasteiger partial charge >= 0.3 is 6.41 Å². The summed E-state index contributed by atoms with van der Waals surface area (Å²) in [6.07, 6.45) is 2.85. The minimum atomic E-state index is 0.775. The molecule has 8 heavy (non-hydrogen) atoms. The summed E-state index contributed by atoms with van der Waals surface area (Å²) in [7, 11) is 0. The molecular weight excluding hydrogens is 102 g/mol. The maximum Gasteiger partial charge on any atom is 0.312 e. The minimum Gasteiger partial charge on any atom is -0.335 e. The van der Waals surface area contributed by atoms with E-state index in [1.165, 1.54) is 0 Å². The van der Waals surface area contributed by atoms with Crippen LogP contribution in [-0.2, 0) is 4.79 Å². The van der Waals surface area contributed by atoms with Crippen LogP contribution >= 0.6 is 0 Å². The molecule has 2 heteroatoms. The van der Waals surface area contributed by atoms with Gasteiger partial charge in [0.2, 0.25) is 0 Å². The highest BCUT2D eigenvalue weighted by Crippen LogP contribution is 1.83. The van der Waals surface area contributed by atoms with Crippen LogP contribution in [0.2, 0.25) is 0 Å². The molecule has 0 saturated carbocycles. The average molecular weight is 114 g/mol. The molecule has 1 radical (unpaired) electrons. The molecule has 0 fully saturated rings. The van der Waals surface area contributed by atoms with Gasteiger partial charge in [-0.15, -0.1) is 0 Å². The monoisotopic (exact) mass is 114 g/mol. The summed E-state index contributed by atoms with van der Waals surface area (Å²) in [5, 5.41) is 0. The SMILES string of the molecule is CCCN([C]=O)CC. The first-order valence-electron chi connectivity index (χ1n) is 2.97. The molecule has 0 atom stereocenters. The standard InChI is InChI=1S/C6H12NO/c1-3-5-7(4-2)6-8/h3-5H2,1-2H3. The van der Waals surface area contributed by atoms with Crippen molar-refractivity contribution in [3.63, 3.8) is 0 Å². The Hall–Kier alpha value is -0.530. The summed E-state index contributed by atoms with van der Waals surface area (Å²) in [5.74, 6) is 0. The summed E-state index contributed by atoms with van der Waals surface area (Å²) in [6.45, 7) is 5.60. The molecule has 0 aromatic heterocycles. The van der Waals surface area contributed by atoms with E-state index < -0.39 is 0 Å². The number of carbonyl (C=O) groups excluding carboxylic acids is 1. The van der Waals surface area contributed by atoms with Gasteiger partial charge in [0.25, 0.3) is 0 Å². The molecule has 0 heterocycles. The molecule has 47 valence electrons. The molecule has 0 aliphatic heterocycles. The Balaban J connectivity index is 3.21. The third kappa shape index (κ3) is 2.61. The van der Waals surface area contributed by atoms with Crippen molar-refractivity contribution in [2.75, 3.05) is 13.1 Å². The molecular formula is C6H12NO. The van der Waals surface area contributed by atoms with E-state index >= 15 is 0 Å². The van der Waals surface area contributed by atoms with E-state index in [4.69, 9.17) is 0 Å². The van der Waals surface area contributed by atoms with Gasteiger partial charge in [0.15, 0.2) is 0 Å². The van der Waals surface area contributed by atoms with Gasteiger partial charge in [0.1, 0.15) is 0 Å². The highest BCUT2D eigenvalue weighted by molar-refractivity contribution is 5.47. The van der Waals surface area contributed by atoms with Gasteiger partial charge in [-0.25, -0.2) is 0 Å². The third-order valence-electron chi connectivity index (χ3n) is 1.00. The summed E-state index contributed by atoms with van der Waals surface area (Å²) >= 11 is 0. The molecule has 0 aromatic rings. The first kappa shape index (κ1) is 7.47. The second-order valence-electron chi connectivity index (χ2n) is 1.67. The first-order chi connectivity index (χ1) is 3.85. The summed E-state index contributed by atoms with van der Waals surface area (Å²) in [5.41, 5.74) is 0. The largest absolute Gasteiger partial charge is 0.335 e. The van der Waals surface area contributed by atoms with Gasteiger partial charge < -0.3 is 4.90 Å². The van der Waals surface area contributed by atoms with Crippen LogP contribution in [0, 0.1) is 0 Å². The van der Waals surface area contributed by atoms with Crippen molar-refractivity contribution in [2.24, 2.45) is 0 Å². The van der Waals surface area contributed by atoms with Crippen molar-refractivity contribution in [1.29, 1.82) is 0 Å². The molecule has 0 unspecified atom stereocenters. The van der Waals surface area contributed by atoms with E-state index in [0.29, 0.717) is 0 Å². The third-order valence-corrected chi connectivity index (χ3v) is 1.00. The van der Waals surface area contributed by atoms with Gasteiger partial charge in [-0.1, -0.05) is 6.92 Å². The molecule has 0 aliphatic rings. The van der Waals surface area contributed by atoms with E-state index in [2.05, 4.69) is 0 Å². The summed E-state index contributed by atoms with van der Waals surface area (Å²) in [4.78, 5) is 11.6. The van der Waals surface area contributed by atoms with Crippen LogP contribution in [-0.4, -0.2) is 24.4 Å². The Kier molecular flexibility index (Phi) is 4.32. The summed E-state index contributed by atoms with van der Waals surface area (Å²) in [6, 6.07) is 0. The van der Waals surface area contributed by atoms with Crippen molar-refractivity contribution in [2.45, 2.75) is 20.3 Å². The van der Waals surface area contributed by atoms with Crippen LogP contribution in [0.3, 0.4) is 0 Å². The van der Waals surface area contributed by atoms with E-state index in [1.807, 2.05) is 20.3 Å². The van der Waals surface area contributed by atoms with Crippen molar-refractivity contribution in [3.05, 3.63) is 0 Å². The Bertz CT molecular complexity index is 63.5. The van der Waals surface area contributed by atoms with Gasteiger partial charge in [-0.05, 0) is 13.3 Å². The van der Waals surface area contributed by atoms with Gasteiger partial charge in [0, 0.05) is 13.1 Å². The van der Waals surface area contributed by atoms with E-state index in [9.17, 15) is 4.79 Å². The predicted molar refractivity (Wildman–Crippen MR) is 33.2 cm³/mol. The van der Waals surface area contributed by atoms with Gasteiger partial charge in [-0.3, -0.25) is 4.79 Å². The highest BCUT2D eigenvalue weighted by atomic mass is 16.1. The fourth-order valence-corrected chi connectivity index (χ4v) is 0.538. The van der Waals surface area contributed by atoms with Gasteiger partial charge in [0.05, 0.1) is 0 Å². The van der Waals surface area contributed by atoms with Crippen LogP contribution < -0.4 is 0 Å². The fraction of sp³-hybridized carbons (Fsp3) is 0.833. The van der Waals surface area contributed by atoms with Gasteiger partial charge in [-0.2, -0.15) is 0 Å². The molecule has 0 spiro atoms. The number of nitrogens with zero attached hydrogens (tertiary/aromatic N) is 1. The van der Waals surface area contributed by atoms with Crippen LogP contribution in [0.5, 0.6) is 0 Å². The lowest BCUT2D eigenvalue weighted by Crippen LogP contribution is -2.21. The maximum atomic E-state index is 9.93. The average Bonchev–Trinajstić information content (AvgIpc) is 1.83. The topological polar surface area (TPSA) is 20.3 Å². The number of amides is 1. The molecule has 0 rings (SSSR count). The Morgan fingerprint density at radius 3 is 2.25 bits per heavy atom. The van der Waals surface area contributed by atoms with E-state index in [-0.39, 0.29) is 0 Å². The van der Waals surface area contributed by atoms with Crippen molar-refractivity contribution in [3.8, 4) is 0 Å². The summed E-state index contributed by atoms with van der Waals surface area (Å²) < 4.78 is 0. The van der Waals surface area contributed by atoms with Crippen LogP contribution in [0.4, 0.5) is 0 Å². The van der Waals surface area contributed by atoms with Crippen LogP contribution in [0.25, 0.3) is 0 Å². The Morgan fingerprint density at radius 2 is 2.12 bits per heavy atom. The zero-order valence-electron chi connectivity index (χ0n) is 5.48. The Morgan fingerprint density at radius 1 is 1.50 bits per heavy atom. The predicted octanol–water partition coefficient (Wildman–Crippen LogP) is 0.785. The zero-order chi connectivity index (χ0) is 6.41. The molecule has 1 amide bonds. The van der Waals surface area contributed by atoms with Crippen LogP contribution in [0.1, 0.15) is 20.3 Å². The molecule has 2 nitrogen and oxygen atoms in total. The number of hydrogen-bond donors (Lipinski definition) is 0. The second kappa shape index (κ2) is 4.62. The highest BCUT2D eigenvalue weighted by Gasteiger charge is 1.93. The van der Waals surface area contributed by atoms with Crippen molar-refractivity contribution >= 4 is 6.41 Å². The maximum absolute atomic E-state index is 9.93. The normalized spacial score (nSPS) is 8.75. The van der Waals surface area contributed by atoms with Crippen molar-refractivity contribution in [1.82, 2.24) is 4.90 Å². The van der Waals surface area contributed by atoms with E-state index in [0.717, 1.165) is 19.5 Å². The zero-order valence-corrected chi connectivity index (χ0v) is 5.48. The minimum absolute atomic E-state index is 0.775. The van der Waals surface area contributed by atoms with Crippen molar-refractivity contribution < 1.29 is 4.79 Å². The molecule has 0 N–H and O–H groups in total. The molecule has 0 aliphatic carbocycles. The molecule has 0 saturated heterocycles. The smallest absolute Gasteiger partial charge is 0.312 e. The lowest BCUT2D eigenvalue weighted by molar-refractivity contribution is 0.394. The number of rotatable bonds is 4. The molecule has 0 bridgehead atoms. The van der Waals surface area contributed by atoms with Crippen LogP contribution in [0.15, 0.2) is 0 Å². The second-order valence-corrected chi connectivity index (χ2v) is 1.67. The lowest BCUT2D eigenvalue weighted by Gasteiger charge is -2.09. The number of hydrogen-bond acceptors (Lipinski definition) is 1. The molecule has 0 aromatic carbocycles. The van der Waals surface area contributed by atoms with E-state index in [1.54, 1.807) is 4.90 Å². The fourth-order valence-electron chi connectivity index (χ4n) is 0.538. The quantitative estimate of drug-likeness (QED) is 0.495. The lowest BCUT2D eigenvalue weighted by atomic mass is 10.4.